The third kappa shape index (κ3) is 3.28. The number of nitrogens with zero attached hydrogens (tertiary/aromatic N) is 1. The molecule has 0 radical (unpaired) electrons. The molecule has 0 saturated carbocycles. The summed E-state index contributed by atoms with van der Waals surface area (Å²) in [5.74, 6) is -1.56. The number of halogens is 1. The number of aliphatic carboxylic acids is 1. The second kappa shape index (κ2) is 6.88. The molecule has 1 aliphatic heterocycles. The zero-order valence-electron chi connectivity index (χ0n) is 12.6. The van der Waals surface area contributed by atoms with Crippen LogP contribution in [0.25, 0.3) is 10.6 Å². The summed E-state index contributed by atoms with van der Waals surface area (Å²) < 4.78 is 5.19. The van der Waals surface area contributed by atoms with Gasteiger partial charge in [0, 0.05) is 37.0 Å². The van der Waals surface area contributed by atoms with Gasteiger partial charge in [-0.1, -0.05) is 29.8 Å². The average molecular weight is 367 g/mol. The maximum atomic E-state index is 12.4. The summed E-state index contributed by atoms with van der Waals surface area (Å²) in [7, 11) is 0. The Morgan fingerprint density at radius 1 is 1.29 bits per heavy atom. The highest BCUT2D eigenvalue weighted by molar-refractivity contribution is 7.13. The lowest BCUT2D eigenvalue weighted by molar-refractivity contribution is -0.148. The highest BCUT2D eigenvalue weighted by Crippen LogP contribution is 2.30. The molecule has 126 valence electrons. The van der Waals surface area contributed by atoms with Gasteiger partial charge in [0.2, 0.25) is 0 Å². The summed E-state index contributed by atoms with van der Waals surface area (Å²) in [5.41, 5.74) is -0.381. The smallest absolute Gasteiger partial charge is 0.329 e. The molecule has 0 spiro atoms. The Bertz CT molecular complexity index is 771. The van der Waals surface area contributed by atoms with Crippen molar-refractivity contribution < 1.29 is 19.4 Å². The van der Waals surface area contributed by atoms with Gasteiger partial charge in [-0.05, 0) is 6.07 Å². The van der Waals surface area contributed by atoms with Crippen molar-refractivity contribution >= 4 is 34.8 Å². The van der Waals surface area contributed by atoms with Crippen molar-refractivity contribution in [3.63, 3.8) is 0 Å². The van der Waals surface area contributed by atoms with Gasteiger partial charge in [0.15, 0.2) is 0 Å². The number of carbonyl (C=O) groups excluding carboxylic acids is 1. The first-order chi connectivity index (χ1) is 11.5. The monoisotopic (exact) mass is 366 g/mol. The van der Waals surface area contributed by atoms with Gasteiger partial charge in [-0.2, -0.15) is 0 Å². The molecule has 0 aliphatic carbocycles. The maximum absolute atomic E-state index is 12.4. The lowest BCUT2D eigenvalue weighted by atomic mass is 9.90. The molecule has 0 atom stereocenters. The Labute approximate surface area is 147 Å². The second-order valence-corrected chi connectivity index (χ2v) is 6.74. The molecule has 8 heteroatoms. The van der Waals surface area contributed by atoms with Crippen LogP contribution in [0.3, 0.4) is 0 Å². The Balaban J connectivity index is 1.81. The predicted octanol–water partition coefficient (Wildman–Crippen LogP) is 2.83. The predicted molar refractivity (Wildman–Crippen MR) is 90.4 cm³/mol. The van der Waals surface area contributed by atoms with E-state index in [2.05, 4.69) is 10.3 Å². The van der Waals surface area contributed by atoms with Crippen molar-refractivity contribution in [3.8, 4) is 10.6 Å². The lowest BCUT2D eigenvalue weighted by Gasteiger charge is -2.33. The topological polar surface area (TPSA) is 88.5 Å². The van der Waals surface area contributed by atoms with Crippen LogP contribution in [0.2, 0.25) is 5.02 Å². The number of ether oxygens (including phenoxy) is 1. The van der Waals surface area contributed by atoms with Crippen molar-refractivity contribution in [2.45, 2.75) is 18.4 Å². The minimum Gasteiger partial charge on any atom is -0.480 e. The molecule has 1 saturated heterocycles. The molecule has 24 heavy (non-hydrogen) atoms. The van der Waals surface area contributed by atoms with E-state index in [0.29, 0.717) is 23.2 Å². The fourth-order valence-corrected chi connectivity index (χ4v) is 3.65. The Morgan fingerprint density at radius 3 is 2.67 bits per heavy atom. The average Bonchev–Trinajstić information content (AvgIpc) is 3.06. The first-order valence-corrected chi connectivity index (χ1v) is 8.62. The molecule has 1 amide bonds. The maximum Gasteiger partial charge on any atom is 0.329 e. The number of carboxylic acids is 1. The summed E-state index contributed by atoms with van der Waals surface area (Å²) in [6, 6.07) is 7.22. The van der Waals surface area contributed by atoms with Gasteiger partial charge >= 0.3 is 5.97 Å². The van der Waals surface area contributed by atoms with Gasteiger partial charge < -0.3 is 15.2 Å². The van der Waals surface area contributed by atoms with Gasteiger partial charge in [-0.3, -0.25) is 4.79 Å². The van der Waals surface area contributed by atoms with Crippen LogP contribution in [0.15, 0.2) is 29.6 Å². The highest BCUT2D eigenvalue weighted by Gasteiger charge is 2.42. The largest absolute Gasteiger partial charge is 0.480 e. The Morgan fingerprint density at radius 2 is 2.00 bits per heavy atom. The Kier molecular flexibility index (Phi) is 4.84. The molecular weight excluding hydrogens is 352 g/mol. The second-order valence-electron chi connectivity index (χ2n) is 5.47. The van der Waals surface area contributed by atoms with Crippen LogP contribution < -0.4 is 5.32 Å². The van der Waals surface area contributed by atoms with Crippen molar-refractivity contribution in [1.29, 1.82) is 0 Å². The van der Waals surface area contributed by atoms with Crippen LogP contribution in [0.1, 0.15) is 23.3 Å². The zero-order chi connectivity index (χ0) is 17.2. The number of aromatic nitrogens is 1. The van der Waals surface area contributed by atoms with Crippen molar-refractivity contribution in [2.24, 2.45) is 0 Å². The van der Waals surface area contributed by atoms with E-state index in [4.69, 9.17) is 16.3 Å². The lowest BCUT2D eigenvalue weighted by Crippen LogP contribution is -2.57. The van der Waals surface area contributed by atoms with E-state index < -0.39 is 17.4 Å². The van der Waals surface area contributed by atoms with Crippen LogP contribution in [-0.4, -0.2) is 40.7 Å². The van der Waals surface area contributed by atoms with Gasteiger partial charge in [-0.25, -0.2) is 9.78 Å². The minimum atomic E-state index is -1.30. The number of hydrogen-bond donors (Lipinski definition) is 2. The third-order valence-corrected chi connectivity index (χ3v) is 5.15. The molecule has 2 aromatic rings. The normalized spacial score (nSPS) is 16.5. The van der Waals surface area contributed by atoms with E-state index in [0.717, 1.165) is 5.56 Å². The molecule has 1 aromatic heterocycles. The Hall–Kier alpha value is -1.96. The molecule has 0 unspecified atom stereocenters. The van der Waals surface area contributed by atoms with E-state index in [1.165, 1.54) is 11.3 Å². The number of carbonyl (C=O) groups is 2. The number of nitrogens with one attached hydrogen (secondary N) is 1. The molecule has 2 heterocycles. The van der Waals surface area contributed by atoms with Gasteiger partial charge in [0.05, 0.1) is 5.02 Å². The van der Waals surface area contributed by atoms with Crippen molar-refractivity contribution in [2.75, 3.05) is 13.2 Å². The van der Waals surface area contributed by atoms with Crippen molar-refractivity contribution in [3.05, 3.63) is 40.4 Å². The number of thiazole rings is 1. The highest BCUT2D eigenvalue weighted by atomic mass is 35.5. The fourth-order valence-electron chi connectivity index (χ4n) is 2.53. The molecule has 0 bridgehead atoms. The number of benzene rings is 1. The number of hydrogen-bond acceptors (Lipinski definition) is 5. The van der Waals surface area contributed by atoms with Crippen LogP contribution in [0.5, 0.6) is 0 Å². The number of carboxylic acid groups (broad SMARTS) is 1. The molecule has 1 aliphatic rings. The summed E-state index contributed by atoms with van der Waals surface area (Å²) in [4.78, 5) is 28.4. The van der Waals surface area contributed by atoms with Crippen LogP contribution in [0, 0.1) is 0 Å². The molecule has 1 aromatic carbocycles. The third-order valence-electron chi connectivity index (χ3n) is 3.95. The molecule has 2 N–H and O–H groups in total. The SMILES string of the molecule is O=C(NC1(C(=O)O)CCOCC1)c1csc(-c2ccccc2Cl)n1. The summed E-state index contributed by atoms with van der Waals surface area (Å²) in [6.07, 6.45) is 0.463. The molecule has 6 nitrogen and oxygen atoms in total. The van der Waals surface area contributed by atoms with Crippen molar-refractivity contribution in [1.82, 2.24) is 10.3 Å². The van der Waals surface area contributed by atoms with E-state index in [-0.39, 0.29) is 18.5 Å². The quantitative estimate of drug-likeness (QED) is 0.868. The van der Waals surface area contributed by atoms with E-state index in [1.54, 1.807) is 11.4 Å². The van der Waals surface area contributed by atoms with Crippen LogP contribution in [-0.2, 0) is 9.53 Å². The minimum absolute atomic E-state index is 0.182. The van der Waals surface area contributed by atoms with E-state index in [9.17, 15) is 14.7 Å². The first-order valence-electron chi connectivity index (χ1n) is 7.36. The van der Waals surface area contributed by atoms with Gasteiger partial charge in [0.1, 0.15) is 16.2 Å². The fraction of sp³-hybridized carbons (Fsp3) is 0.312. The summed E-state index contributed by atoms with van der Waals surface area (Å²) in [5, 5.41) is 14.9. The molecule has 1 fully saturated rings. The molecular formula is C16H15ClN2O4S. The van der Waals surface area contributed by atoms with Crippen LogP contribution >= 0.6 is 22.9 Å². The van der Waals surface area contributed by atoms with Gasteiger partial charge in [-0.15, -0.1) is 11.3 Å². The standard InChI is InChI=1S/C16H15ClN2O4S/c17-11-4-2-1-3-10(11)14-18-12(9-24-14)13(20)19-16(15(21)22)5-7-23-8-6-16/h1-4,9H,5-8H2,(H,19,20)(H,21,22). The first kappa shape index (κ1) is 16.9. The summed E-state index contributed by atoms with van der Waals surface area (Å²) >= 11 is 7.43. The van der Waals surface area contributed by atoms with E-state index >= 15 is 0 Å². The zero-order valence-corrected chi connectivity index (χ0v) is 14.2. The molecule has 3 rings (SSSR count). The van der Waals surface area contributed by atoms with E-state index in [1.807, 2.05) is 18.2 Å². The number of amides is 1. The number of rotatable bonds is 4. The van der Waals surface area contributed by atoms with Crippen LogP contribution in [0.4, 0.5) is 0 Å². The summed E-state index contributed by atoms with van der Waals surface area (Å²) in [6.45, 7) is 0.600. The van der Waals surface area contributed by atoms with Gasteiger partial charge in [0.25, 0.3) is 5.91 Å².